The third-order valence-corrected chi connectivity index (χ3v) is 3.51. The maximum atomic E-state index is 9.71. The molecule has 0 aromatic carbocycles. The minimum Gasteiger partial charge on any atom is -0.389 e. The van der Waals surface area contributed by atoms with Crippen LogP contribution in [-0.4, -0.2) is 47.4 Å². The largest absolute Gasteiger partial charge is 0.389 e. The van der Waals surface area contributed by atoms with E-state index in [4.69, 9.17) is 4.74 Å². The number of halogens is 1. The average Bonchev–Trinajstić information content (AvgIpc) is 2.39. The Morgan fingerprint density at radius 3 is 2.58 bits per heavy atom. The molecule has 4 bridgehead atoms. The first-order valence-corrected chi connectivity index (χ1v) is 4.33. The smallest absolute Gasteiger partial charge is 0.101 e. The second-order valence-electron chi connectivity index (χ2n) is 3.98. The number of likely N-dealkylation sites (N-methyl/N-ethyl adjacent to an activating group) is 1. The lowest BCUT2D eigenvalue weighted by Crippen LogP contribution is -2.44. The summed E-state index contributed by atoms with van der Waals surface area (Å²) in [5, 5.41) is 9.71. The van der Waals surface area contributed by atoms with Gasteiger partial charge in [0.2, 0.25) is 0 Å². The molecule has 4 aliphatic heterocycles. The van der Waals surface area contributed by atoms with Crippen LogP contribution in [0.3, 0.4) is 0 Å². The minimum atomic E-state index is -0.219. The molecule has 0 aromatic rings. The molecule has 4 rings (SSSR count). The standard InChI is InChI=1S/C8H13NO2.BrH/c1-9-5-2-4-3-6(9)8(11-4)7(5)10;/h4-8,10H,2-3H2,1H3;1H/t4-,5-,6+,7+,8-;/m1./s1. The van der Waals surface area contributed by atoms with Crippen LogP contribution in [0.1, 0.15) is 12.8 Å². The molecule has 0 unspecified atom stereocenters. The molecule has 4 fully saturated rings. The van der Waals surface area contributed by atoms with Gasteiger partial charge in [-0.05, 0) is 19.9 Å². The molecule has 4 heteroatoms. The Bertz CT molecular complexity index is 179. The van der Waals surface area contributed by atoms with Gasteiger partial charge >= 0.3 is 0 Å². The Hall–Kier alpha value is 0.360. The van der Waals surface area contributed by atoms with Crippen molar-refractivity contribution in [2.24, 2.45) is 0 Å². The molecule has 4 saturated heterocycles. The molecule has 0 radical (unpaired) electrons. The highest BCUT2D eigenvalue weighted by atomic mass is 79.9. The normalized spacial score (nSPS) is 56.0. The van der Waals surface area contributed by atoms with Gasteiger partial charge in [0.15, 0.2) is 0 Å². The van der Waals surface area contributed by atoms with Crippen LogP contribution in [-0.2, 0) is 4.74 Å². The molecule has 4 heterocycles. The number of aliphatic hydroxyl groups is 1. The van der Waals surface area contributed by atoms with Gasteiger partial charge < -0.3 is 9.84 Å². The molecule has 5 atom stereocenters. The zero-order valence-corrected chi connectivity index (χ0v) is 8.72. The maximum absolute atomic E-state index is 9.71. The van der Waals surface area contributed by atoms with E-state index in [1.165, 1.54) is 0 Å². The van der Waals surface area contributed by atoms with E-state index in [1.807, 2.05) is 0 Å². The lowest BCUT2D eigenvalue weighted by Gasteiger charge is -2.33. The van der Waals surface area contributed by atoms with Crippen molar-refractivity contribution in [3.05, 3.63) is 0 Å². The first kappa shape index (κ1) is 8.94. The average molecular weight is 236 g/mol. The van der Waals surface area contributed by atoms with Crippen LogP contribution in [0.25, 0.3) is 0 Å². The fourth-order valence-electron chi connectivity index (χ4n) is 2.91. The molecule has 4 aliphatic rings. The van der Waals surface area contributed by atoms with Gasteiger partial charge in [0.05, 0.1) is 12.2 Å². The maximum Gasteiger partial charge on any atom is 0.101 e. The molecule has 0 spiro atoms. The molecular weight excluding hydrogens is 222 g/mol. The second kappa shape index (κ2) is 2.67. The van der Waals surface area contributed by atoms with Crippen molar-refractivity contribution < 1.29 is 9.84 Å². The molecular formula is C8H14BrNO2. The van der Waals surface area contributed by atoms with Crippen molar-refractivity contribution in [1.29, 1.82) is 0 Å². The van der Waals surface area contributed by atoms with Crippen LogP contribution < -0.4 is 0 Å². The van der Waals surface area contributed by atoms with Crippen LogP contribution in [0.15, 0.2) is 0 Å². The van der Waals surface area contributed by atoms with E-state index in [0.717, 1.165) is 12.8 Å². The lowest BCUT2D eigenvalue weighted by atomic mass is 10.0. The summed E-state index contributed by atoms with van der Waals surface area (Å²) in [6, 6.07) is 0.895. The summed E-state index contributed by atoms with van der Waals surface area (Å²) in [6.07, 6.45) is 2.53. The van der Waals surface area contributed by atoms with Crippen molar-refractivity contribution >= 4 is 17.0 Å². The Morgan fingerprint density at radius 2 is 2.00 bits per heavy atom. The van der Waals surface area contributed by atoms with E-state index in [9.17, 15) is 5.11 Å². The molecule has 0 saturated carbocycles. The van der Waals surface area contributed by atoms with Crippen LogP contribution >= 0.6 is 17.0 Å². The second-order valence-corrected chi connectivity index (χ2v) is 3.98. The third-order valence-electron chi connectivity index (χ3n) is 3.51. The number of ether oxygens (including phenoxy) is 1. The van der Waals surface area contributed by atoms with E-state index in [2.05, 4.69) is 11.9 Å². The van der Waals surface area contributed by atoms with E-state index >= 15 is 0 Å². The summed E-state index contributed by atoms with van der Waals surface area (Å²) >= 11 is 0. The predicted molar refractivity (Wildman–Crippen MR) is 49.6 cm³/mol. The number of rotatable bonds is 0. The molecule has 0 aromatic heterocycles. The molecule has 12 heavy (non-hydrogen) atoms. The Kier molecular flexibility index (Phi) is 1.99. The fourth-order valence-corrected chi connectivity index (χ4v) is 2.91. The Labute approximate surface area is 82.5 Å². The van der Waals surface area contributed by atoms with Gasteiger partial charge in [-0.2, -0.15) is 0 Å². The zero-order chi connectivity index (χ0) is 7.59. The summed E-state index contributed by atoms with van der Waals surface area (Å²) in [6.45, 7) is 0. The highest BCUT2D eigenvalue weighted by Gasteiger charge is 2.57. The number of nitrogens with zero attached hydrogens (tertiary/aromatic N) is 1. The highest BCUT2D eigenvalue weighted by Crippen LogP contribution is 2.44. The molecule has 0 amide bonds. The zero-order valence-electron chi connectivity index (χ0n) is 7.01. The van der Waals surface area contributed by atoms with Gasteiger partial charge in [0.1, 0.15) is 6.10 Å². The van der Waals surface area contributed by atoms with Crippen molar-refractivity contribution in [3.63, 3.8) is 0 Å². The monoisotopic (exact) mass is 235 g/mol. The summed E-state index contributed by atoms with van der Waals surface area (Å²) in [5.41, 5.74) is 0. The molecule has 0 aliphatic carbocycles. The highest BCUT2D eigenvalue weighted by molar-refractivity contribution is 8.93. The van der Waals surface area contributed by atoms with Crippen LogP contribution in [0.2, 0.25) is 0 Å². The SMILES string of the molecule is Br.CN1[C@@H]2C[C@@H]3C[C@H]1[C@@H](O3)[C@H]2O. The molecule has 1 N–H and O–H groups in total. The van der Waals surface area contributed by atoms with Gasteiger partial charge in [-0.3, -0.25) is 4.90 Å². The Balaban J connectivity index is 0.000000563. The quantitative estimate of drug-likeness (QED) is 0.650. The van der Waals surface area contributed by atoms with Gasteiger partial charge in [-0.1, -0.05) is 0 Å². The van der Waals surface area contributed by atoms with Crippen molar-refractivity contribution in [3.8, 4) is 0 Å². The van der Waals surface area contributed by atoms with Crippen LogP contribution in [0.4, 0.5) is 0 Å². The summed E-state index contributed by atoms with van der Waals surface area (Å²) in [7, 11) is 2.10. The Morgan fingerprint density at radius 1 is 1.33 bits per heavy atom. The number of aliphatic hydroxyl groups excluding tert-OH is 1. The van der Waals surface area contributed by atoms with Crippen molar-refractivity contribution in [1.82, 2.24) is 4.90 Å². The lowest BCUT2D eigenvalue weighted by molar-refractivity contribution is -0.0758. The van der Waals surface area contributed by atoms with Gasteiger partial charge in [0, 0.05) is 12.1 Å². The van der Waals surface area contributed by atoms with E-state index < -0.39 is 0 Å². The molecule has 3 nitrogen and oxygen atoms in total. The van der Waals surface area contributed by atoms with E-state index in [-0.39, 0.29) is 29.2 Å². The van der Waals surface area contributed by atoms with E-state index in [0.29, 0.717) is 18.2 Å². The summed E-state index contributed by atoms with van der Waals surface area (Å²) < 4.78 is 5.64. The topological polar surface area (TPSA) is 32.7 Å². The van der Waals surface area contributed by atoms with E-state index in [1.54, 1.807) is 0 Å². The third kappa shape index (κ3) is 0.867. The fraction of sp³-hybridized carbons (Fsp3) is 1.00. The van der Waals surface area contributed by atoms with Gasteiger partial charge in [0.25, 0.3) is 0 Å². The van der Waals surface area contributed by atoms with Crippen molar-refractivity contribution in [2.75, 3.05) is 7.05 Å². The number of piperidine rings is 1. The minimum absolute atomic E-state index is 0. The first-order chi connectivity index (χ1) is 5.27. The summed E-state index contributed by atoms with van der Waals surface area (Å²) in [4.78, 5) is 2.29. The summed E-state index contributed by atoms with van der Waals surface area (Å²) in [5.74, 6) is 0. The van der Waals surface area contributed by atoms with Gasteiger partial charge in [-0.25, -0.2) is 0 Å². The van der Waals surface area contributed by atoms with Crippen molar-refractivity contribution in [2.45, 2.75) is 43.2 Å². The predicted octanol–water partition coefficient (Wildman–Crippen LogP) is 0.169. The van der Waals surface area contributed by atoms with Gasteiger partial charge in [-0.15, -0.1) is 17.0 Å². The first-order valence-electron chi connectivity index (χ1n) is 4.33. The van der Waals surface area contributed by atoms with Crippen LogP contribution in [0, 0.1) is 0 Å². The van der Waals surface area contributed by atoms with Crippen LogP contribution in [0.5, 0.6) is 0 Å². The number of hydrogen-bond donors (Lipinski definition) is 1. The molecule has 70 valence electrons. The number of hydrogen-bond acceptors (Lipinski definition) is 3.